The van der Waals surface area contributed by atoms with Gasteiger partial charge in [0.05, 0.1) is 6.20 Å². The van der Waals surface area contributed by atoms with E-state index in [1.54, 1.807) is 18.6 Å². The summed E-state index contributed by atoms with van der Waals surface area (Å²) in [6.45, 7) is 1.92. The molecule has 0 aliphatic carbocycles. The van der Waals surface area contributed by atoms with Crippen LogP contribution in [-0.2, 0) is 6.42 Å². The lowest BCUT2D eigenvalue weighted by molar-refractivity contribution is 0.769. The molecule has 2 aromatic rings. The van der Waals surface area contributed by atoms with E-state index in [-0.39, 0.29) is 5.69 Å². The summed E-state index contributed by atoms with van der Waals surface area (Å²) >= 11 is 0. The molecule has 2 aromatic heterocycles. The van der Waals surface area contributed by atoms with Crippen LogP contribution in [0.5, 0.6) is 0 Å². The fourth-order valence-corrected chi connectivity index (χ4v) is 1.19. The lowest BCUT2D eigenvalue weighted by Gasteiger charge is -2.01. The quantitative estimate of drug-likeness (QED) is 0.719. The highest BCUT2D eigenvalue weighted by Crippen LogP contribution is 2.01. The lowest BCUT2D eigenvalue weighted by atomic mass is 10.4. The van der Waals surface area contributed by atoms with Crippen LogP contribution in [0.4, 0.5) is 0 Å². The van der Waals surface area contributed by atoms with Crippen LogP contribution in [0.3, 0.4) is 0 Å². The van der Waals surface area contributed by atoms with E-state index in [9.17, 15) is 4.79 Å². The molecule has 14 heavy (non-hydrogen) atoms. The van der Waals surface area contributed by atoms with E-state index in [2.05, 4.69) is 20.1 Å². The van der Waals surface area contributed by atoms with Gasteiger partial charge < -0.3 is 0 Å². The maximum Gasteiger partial charge on any atom is 0.361 e. The van der Waals surface area contributed by atoms with Crippen molar-refractivity contribution in [2.75, 3.05) is 0 Å². The van der Waals surface area contributed by atoms with Crippen LogP contribution in [0.25, 0.3) is 5.82 Å². The van der Waals surface area contributed by atoms with Crippen molar-refractivity contribution in [2.45, 2.75) is 13.3 Å². The normalized spacial score (nSPS) is 10.4. The lowest BCUT2D eigenvalue weighted by Crippen LogP contribution is -2.07. The van der Waals surface area contributed by atoms with Gasteiger partial charge in [0, 0.05) is 18.8 Å². The maximum atomic E-state index is 11.0. The smallest absolute Gasteiger partial charge is 0.259 e. The highest BCUT2D eigenvalue weighted by molar-refractivity contribution is 5.16. The monoisotopic (exact) mass is 191 g/mol. The van der Waals surface area contributed by atoms with Gasteiger partial charge in [0.15, 0.2) is 5.82 Å². The van der Waals surface area contributed by atoms with Crippen molar-refractivity contribution in [2.24, 2.45) is 0 Å². The van der Waals surface area contributed by atoms with E-state index in [1.807, 2.05) is 6.92 Å². The molecule has 2 rings (SSSR count). The van der Waals surface area contributed by atoms with Crippen molar-refractivity contribution in [3.05, 3.63) is 34.9 Å². The second-order valence-corrected chi connectivity index (χ2v) is 2.70. The van der Waals surface area contributed by atoms with Gasteiger partial charge in [-0.05, 0) is 0 Å². The third-order valence-electron chi connectivity index (χ3n) is 1.79. The Hall–Kier alpha value is -1.98. The largest absolute Gasteiger partial charge is 0.361 e. The van der Waals surface area contributed by atoms with Crippen molar-refractivity contribution in [3.8, 4) is 5.82 Å². The van der Waals surface area contributed by atoms with Crippen molar-refractivity contribution < 1.29 is 0 Å². The van der Waals surface area contributed by atoms with E-state index < -0.39 is 0 Å². The van der Waals surface area contributed by atoms with Gasteiger partial charge in [0.1, 0.15) is 5.82 Å². The summed E-state index contributed by atoms with van der Waals surface area (Å²) in [5, 5.41) is 2.56. The SMILES string of the molecule is CCc1nc(=O)[nH]n1-c1cnccn1. The molecule has 2 heterocycles. The number of hydrogen-bond donors (Lipinski definition) is 1. The number of rotatable bonds is 2. The van der Waals surface area contributed by atoms with Gasteiger partial charge in [0.2, 0.25) is 0 Å². The maximum absolute atomic E-state index is 11.0. The number of nitrogens with one attached hydrogen (secondary N) is 1. The van der Waals surface area contributed by atoms with Crippen LogP contribution >= 0.6 is 0 Å². The van der Waals surface area contributed by atoms with E-state index in [1.165, 1.54) is 4.68 Å². The van der Waals surface area contributed by atoms with E-state index >= 15 is 0 Å². The van der Waals surface area contributed by atoms with Gasteiger partial charge in [0.25, 0.3) is 0 Å². The summed E-state index contributed by atoms with van der Waals surface area (Å²) in [5.74, 6) is 1.22. The molecule has 0 unspecified atom stereocenters. The molecule has 0 fully saturated rings. The summed E-state index contributed by atoms with van der Waals surface area (Å²) in [6.07, 6.45) is 5.36. The van der Waals surface area contributed by atoms with Crippen LogP contribution in [0.15, 0.2) is 23.4 Å². The molecule has 0 aliphatic heterocycles. The first-order chi connectivity index (χ1) is 6.81. The summed E-state index contributed by atoms with van der Waals surface area (Å²) in [6, 6.07) is 0. The van der Waals surface area contributed by atoms with Crippen LogP contribution in [-0.4, -0.2) is 24.7 Å². The molecule has 0 saturated carbocycles. The molecule has 6 heteroatoms. The third-order valence-corrected chi connectivity index (χ3v) is 1.79. The van der Waals surface area contributed by atoms with Crippen molar-refractivity contribution in [3.63, 3.8) is 0 Å². The zero-order chi connectivity index (χ0) is 9.97. The second kappa shape index (κ2) is 3.41. The summed E-state index contributed by atoms with van der Waals surface area (Å²) in [4.78, 5) is 22.8. The number of H-pyrrole nitrogens is 1. The molecule has 0 spiro atoms. The Kier molecular flexibility index (Phi) is 2.10. The molecule has 0 aliphatic rings. The van der Waals surface area contributed by atoms with Gasteiger partial charge in [-0.25, -0.2) is 19.6 Å². The number of aromatic amines is 1. The predicted octanol–water partition coefficient (Wildman–Crippen LogP) is -0.0870. The zero-order valence-electron chi connectivity index (χ0n) is 7.64. The zero-order valence-corrected chi connectivity index (χ0v) is 7.64. The highest BCUT2D eigenvalue weighted by atomic mass is 16.1. The Balaban J connectivity index is 2.56. The minimum atomic E-state index is -0.368. The number of hydrogen-bond acceptors (Lipinski definition) is 4. The second-order valence-electron chi connectivity index (χ2n) is 2.70. The Morgan fingerprint density at radius 3 is 3.00 bits per heavy atom. The fourth-order valence-electron chi connectivity index (χ4n) is 1.19. The van der Waals surface area contributed by atoms with E-state index in [0.717, 1.165) is 0 Å². The molecular formula is C8H9N5O. The molecule has 0 aromatic carbocycles. The first kappa shape index (κ1) is 8.61. The van der Waals surface area contributed by atoms with Crippen LogP contribution < -0.4 is 5.69 Å². The fraction of sp³-hybridized carbons (Fsp3) is 0.250. The number of aromatic nitrogens is 5. The van der Waals surface area contributed by atoms with E-state index in [4.69, 9.17) is 0 Å². The Bertz CT molecular complexity index is 472. The average Bonchev–Trinajstić information content (AvgIpc) is 2.61. The summed E-state index contributed by atoms with van der Waals surface area (Å²) in [7, 11) is 0. The Labute approximate surface area is 79.6 Å². The topological polar surface area (TPSA) is 76.5 Å². The van der Waals surface area contributed by atoms with Gasteiger partial charge >= 0.3 is 5.69 Å². The predicted molar refractivity (Wildman–Crippen MR) is 49.2 cm³/mol. The van der Waals surface area contributed by atoms with Crippen LogP contribution in [0.1, 0.15) is 12.7 Å². The van der Waals surface area contributed by atoms with Gasteiger partial charge in [-0.1, -0.05) is 6.92 Å². The minimum Gasteiger partial charge on any atom is -0.259 e. The first-order valence-electron chi connectivity index (χ1n) is 4.25. The van der Waals surface area contributed by atoms with Crippen molar-refractivity contribution >= 4 is 0 Å². The highest BCUT2D eigenvalue weighted by Gasteiger charge is 2.06. The third kappa shape index (κ3) is 1.41. The molecule has 1 N–H and O–H groups in total. The summed E-state index contributed by atoms with van der Waals surface area (Å²) < 4.78 is 1.54. The van der Waals surface area contributed by atoms with Crippen molar-refractivity contribution in [1.29, 1.82) is 0 Å². The number of aryl methyl sites for hydroxylation is 1. The first-order valence-corrected chi connectivity index (χ1v) is 4.25. The summed E-state index contributed by atoms with van der Waals surface area (Å²) in [5.41, 5.74) is -0.368. The van der Waals surface area contributed by atoms with Crippen molar-refractivity contribution in [1.82, 2.24) is 24.7 Å². The molecule has 0 atom stereocenters. The average molecular weight is 191 g/mol. The molecule has 0 saturated heterocycles. The Morgan fingerprint density at radius 2 is 2.36 bits per heavy atom. The molecular weight excluding hydrogens is 182 g/mol. The molecule has 0 amide bonds. The minimum absolute atomic E-state index is 0.368. The van der Waals surface area contributed by atoms with E-state index in [0.29, 0.717) is 18.1 Å². The van der Waals surface area contributed by atoms with Crippen LogP contribution in [0.2, 0.25) is 0 Å². The van der Waals surface area contributed by atoms with Gasteiger partial charge in [-0.2, -0.15) is 4.98 Å². The molecule has 0 radical (unpaired) electrons. The molecule has 0 bridgehead atoms. The van der Waals surface area contributed by atoms with Crippen LogP contribution in [0, 0.1) is 0 Å². The Morgan fingerprint density at radius 1 is 1.50 bits per heavy atom. The number of nitrogens with zero attached hydrogens (tertiary/aromatic N) is 4. The molecule has 6 nitrogen and oxygen atoms in total. The van der Waals surface area contributed by atoms with Gasteiger partial charge in [-0.15, -0.1) is 0 Å². The van der Waals surface area contributed by atoms with Gasteiger partial charge in [-0.3, -0.25) is 4.98 Å². The molecule has 72 valence electrons. The standard InChI is InChI=1S/C8H9N5O/c1-2-6-11-8(14)12-13(6)7-5-9-3-4-10-7/h3-5H,2H2,1H3,(H,12,14).